The topological polar surface area (TPSA) is 49.4 Å². The van der Waals surface area contributed by atoms with Crippen LogP contribution in [-0.2, 0) is 4.79 Å². The van der Waals surface area contributed by atoms with Crippen LogP contribution in [0.4, 0.5) is 0 Å². The maximum atomic E-state index is 13.0. The van der Waals surface area contributed by atoms with Gasteiger partial charge >= 0.3 is 0 Å². The van der Waals surface area contributed by atoms with Gasteiger partial charge in [0.2, 0.25) is 5.91 Å². The lowest BCUT2D eigenvalue weighted by molar-refractivity contribution is -0.142. The van der Waals surface area contributed by atoms with Crippen LogP contribution in [-0.4, -0.2) is 36.9 Å². The summed E-state index contributed by atoms with van der Waals surface area (Å²) < 4.78 is 0. The van der Waals surface area contributed by atoms with Gasteiger partial charge in [-0.1, -0.05) is 18.2 Å². The Morgan fingerprint density at radius 2 is 1.52 bits per heavy atom. The molecule has 0 aliphatic heterocycles. The number of rotatable bonds is 4. The molecule has 0 aromatic heterocycles. The second kappa shape index (κ2) is 6.15. The zero-order valence-corrected chi connectivity index (χ0v) is 15.2. The molecule has 2 amide bonds. The zero-order valence-electron chi connectivity index (χ0n) is 15.2. The van der Waals surface area contributed by atoms with Crippen LogP contribution in [0, 0.1) is 23.2 Å². The molecule has 134 valence electrons. The highest BCUT2D eigenvalue weighted by molar-refractivity contribution is 5.97. The quantitative estimate of drug-likeness (QED) is 0.916. The van der Waals surface area contributed by atoms with E-state index in [0.29, 0.717) is 5.56 Å². The molecule has 4 fully saturated rings. The number of carbonyl (C=O) groups excluding carboxylic acids is 2. The molecular weight excluding hydrogens is 312 g/mol. The van der Waals surface area contributed by atoms with Gasteiger partial charge in [-0.15, -0.1) is 0 Å². The highest BCUT2D eigenvalue weighted by atomic mass is 16.2. The summed E-state index contributed by atoms with van der Waals surface area (Å²) in [6, 6.07) is 8.85. The van der Waals surface area contributed by atoms with Crippen molar-refractivity contribution in [3.63, 3.8) is 0 Å². The van der Waals surface area contributed by atoms with Gasteiger partial charge in [0.05, 0.1) is 0 Å². The van der Waals surface area contributed by atoms with Crippen molar-refractivity contribution in [3.8, 4) is 0 Å². The minimum atomic E-state index is -0.399. The molecule has 25 heavy (non-hydrogen) atoms. The van der Waals surface area contributed by atoms with E-state index in [-0.39, 0.29) is 17.2 Å². The number of likely N-dealkylation sites (N-methyl/N-ethyl adjacent to an activating group) is 1. The molecule has 1 unspecified atom stereocenters. The van der Waals surface area contributed by atoms with E-state index >= 15 is 0 Å². The highest BCUT2D eigenvalue weighted by Gasteiger charge is 2.56. The second-order valence-electron chi connectivity index (χ2n) is 8.79. The van der Waals surface area contributed by atoms with E-state index in [4.69, 9.17) is 0 Å². The van der Waals surface area contributed by atoms with E-state index in [9.17, 15) is 9.59 Å². The summed E-state index contributed by atoms with van der Waals surface area (Å²) >= 11 is 0. The zero-order chi connectivity index (χ0) is 17.6. The van der Waals surface area contributed by atoms with E-state index in [1.807, 2.05) is 30.3 Å². The van der Waals surface area contributed by atoms with Gasteiger partial charge in [0.15, 0.2) is 0 Å². The van der Waals surface area contributed by atoms with Gasteiger partial charge < -0.3 is 10.2 Å². The van der Waals surface area contributed by atoms with Crippen LogP contribution in [0.2, 0.25) is 0 Å². The number of carbonyl (C=O) groups is 2. The van der Waals surface area contributed by atoms with Gasteiger partial charge in [-0.2, -0.15) is 0 Å². The molecule has 1 N–H and O–H groups in total. The first-order valence-electron chi connectivity index (χ1n) is 9.54. The normalized spacial score (nSPS) is 33.8. The molecule has 0 radical (unpaired) electrons. The van der Waals surface area contributed by atoms with Gasteiger partial charge in [0, 0.05) is 25.1 Å². The minimum Gasteiger partial charge on any atom is -0.347 e. The Labute approximate surface area is 150 Å². The Balaban J connectivity index is 1.63. The summed E-state index contributed by atoms with van der Waals surface area (Å²) in [7, 11) is 3.59. The first-order valence-corrected chi connectivity index (χ1v) is 9.54. The summed E-state index contributed by atoms with van der Waals surface area (Å²) in [6.45, 7) is 0. The van der Waals surface area contributed by atoms with Crippen molar-refractivity contribution in [1.29, 1.82) is 0 Å². The number of benzene rings is 1. The fraction of sp³-hybridized carbons (Fsp3) is 0.619. The Bertz CT molecular complexity index is 632. The van der Waals surface area contributed by atoms with Crippen molar-refractivity contribution >= 4 is 11.8 Å². The van der Waals surface area contributed by atoms with Crippen LogP contribution in [0.5, 0.6) is 0 Å². The largest absolute Gasteiger partial charge is 0.347 e. The first-order chi connectivity index (χ1) is 12.0. The highest BCUT2D eigenvalue weighted by Crippen LogP contribution is 2.61. The van der Waals surface area contributed by atoms with Crippen LogP contribution < -0.4 is 5.32 Å². The minimum absolute atomic E-state index is 0.0411. The lowest BCUT2D eigenvalue weighted by Crippen LogP contribution is -2.61. The average molecular weight is 340 g/mol. The molecule has 0 heterocycles. The molecule has 4 saturated carbocycles. The third kappa shape index (κ3) is 2.96. The van der Waals surface area contributed by atoms with Crippen molar-refractivity contribution < 1.29 is 9.59 Å². The molecule has 1 aromatic carbocycles. The number of amides is 2. The van der Waals surface area contributed by atoms with Gasteiger partial charge in [0.25, 0.3) is 5.91 Å². The monoisotopic (exact) mass is 340 g/mol. The summed E-state index contributed by atoms with van der Waals surface area (Å²) in [5.41, 5.74) is 0.587. The van der Waals surface area contributed by atoms with Gasteiger partial charge in [-0.25, -0.2) is 0 Å². The predicted molar refractivity (Wildman–Crippen MR) is 97.0 cm³/mol. The van der Waals surface area contributed by atoms with Gasteiger partial charge in [0.1, 0.15) is 6.04 Å². The van der Waals surface area contributed by atoms with Crippen molar-refractivity contribution in [1.82, 2.24) is 10.2 Å². The second-order valence-corrected chi connectivity index (χ2v) is 8.79. The lowest BCUT2D eigenvalue weighted by atomic mass is 9.47. The van der Waals surface area contributed by atoms with Crippen molar-refractivity contribution in [2.45, 2.75) is 44.6 Å². The molecule has 4 aliphatic carbocycles. The molecule has 0 spiro atoms. The molecule has 0 saturated heterocycles. The van der Waals surface area contributed by atoms with E-state index in [1.54, 1.807) is 19.0 Å². The molecule has 4 aliphatic rings. The Kier molecular flexibility index (Phi) is 4.09. The fourth-order valence-electron chi connectivity index (χ4n) is 6.07. The predicted octanol–water partition coefficient (Wildman–Crippen LogP) is 3.09. The van der Waals surface area contributed by atoms with E-state index in [2.05, 4.69) is 5.32 Å². The van der Waals surface area contributed by atoms with Gasteiger partial charge in [-0.05, 0) is 68.4 Å². The van der Waals surface area contributed by atoms with Crippen LogP contribution in [0.3, 0.4) is 0 Å². The summed E-state index contributed by atoms with van der Waals surface area (Å²) in [5, 5.41) is 3.14. The molecule has 4 nitrogen and oxygen atoms in total. The molecule has 4 bridgehead atoms. The molecule has 1 atom stereocenters. The van der Waals surface area contributed by atoms with Crippen LogP contribution in [0.1, 0.15) is 48.9 Å². The summed E-state index contributed by atoms with van der Waals surface area (Å²) in [5.74, 6) is 2.16. The smallest absolute Gasteiger partial charge is 0.251 e. The fourth-order valence-corrected chi connectivity index (χ4v) is 6.07. The Morgan fingerprint density at radius 1 is 1.00 bits per heavy atom. The SMILES string of the molecule is CN(C)C(=O)C(NC(=O)c1ccccc1)C12CC3CC(CC(C3)C1)C2. The third-order valence-electron chi connectivity index (χ3n) is 6.70. The molecule has 5 rings (SSSR count). The number of hydrogen-bond acceptors (Lipinski definition) is 2. The number of hydrogen-bond donors (Lipinski definition) is 1. The van der Waals surface area contributed by atoms with Crippen LogP contribution >= 0.6 is 0 Å². The summed E-state index contributed by atoms with van der Waals surface area (Å²) in [6.07, 6.45) is 7.27. The van der Waals surface area contributed by atoms with Crippen molar-refractivity contribution in [3.05, 3.63) is 35.9 Å². The van der Waals surface area contributed by atoms with E-state index in [1.165, 1.54) is 19.3 Å². The summed E-state index contributed by atoms with van der Waals surface area (Å²) in [4.78, 5) is 27.5. The third-order valence-corrected chi connectivity index (χ3v) is 6.70. The van der Waals surface area contributed by atoms with E-state index < -0.39 is 6.04 Å². The van der Waals surface area contributed by atoms with Crippen molar-refractivity contribution in [2.75, 3.05) is 14.1 Å². The molecule has 4 heteroatoms. The maximum Gasteiger partial charge on any atom is 0.251 e. The Morgan fingerprint density at radius 3 is 2.00 bits per heavy atom. The maximum absolute atomic E-state index is 13.0. The van der Waals surface area contributed by atoms with Crippen LogP contribution in [0.25, 0.3) is 0 Å². The Hall–Kier alpha value is -1.84. The standard InChI is InChI=1S/C21H28N2O2/c1-23(2)20(25)18(22-19(24)17-6-4-3-5-7-17)21-11-14-8-15(12-21)10-16(9-14)13-21/h3-7,14-16,18H,8-13H2,1-2H3,(H,22,24). The first kappa shape index (κ1) is 16.6. The molecular formula is C21H28N2O2. The van der Waals surface area contributed by atoms with Crippen molar-refractivity contribution in [2.24, 2.45) is 23.2 Å². The van der Waals surface area contributed by atoms with Gasteiger partial charge in [-0.3, -0.25) is 9.59 Å². The number of nitrogens with one attached hydrogen (secondary N) is 1. The van der Waals surface area contributed by atoms with Crippen LogP contribution in [0.15, 0.2) is 30.3 Å². The molecule has 1 aromatic rings. The number of nitrogens with zero attached hydrogens (tertiary/aromatic N) is 1. The average Bonchev–Trinajstić information content (AvgIpc) is 2.58. The van der Waals surface area contributed by atoms with E-state index in [0.717, 1.165) is 37.0 Å². The lowest BCUT2D eigenvalue weighted by Gasteiger charge is -2.59.